The molecule has 2 amide bonds. The Morgan fingerprint density at radius 3 is 2.53 bits per heavy atom. The Kier molecular flexibility index (Phi) is 15.0. The molecule has 8 heterocycles. The van der Waals surface area contributed by atoms with Gasteiger partial charge in [0.15, 0.2) is 18.0 Å². The van der Waals surface area contributed by atoms with Crippen molar-refractivity contribution in [3.8, 4) is 51.4 Å². The van der Waals surface area contributed by atoms with Gasteiger partial charge in [-0.1, -0.05) is 44.0 Å². The molecule has 1 unspecified atom stereocenters. The molecule has 2 saturated heterocycles. The third kappa shape index (κ3) is 10.7. The number of ether oxygens (including phenoxy) is 2. The molecule has 18 nitrogen and oxygen atoms in total. The minimum Gasteiger partial charge on any atom is -0.507 e. The van der Waals surface area contributed by atoms with Crippen LogP contribution in [0.25, 0.3) is 32.7 Å². The number of thiazole rings is 1. The SMILES string of the molecule is C#CCOc1cc(C(C(=O)N2C[C@H](O)C[C@H]2C(=O)NCc2ccc(-c3scnc3C)cc2O[C@H]2CC[C@H](N3CCC(c4cnc(N5CCc6[nH]c7nnc(-c8ccccc8O)cc7c6[C@H]5C)nc4)CC3)CC2)C(C)C)on1. The number of nitrogens with zero attached hydrogens (tertiary/aromatic N) is 9. The van der Waals surface area contributed by atoms with Crippen LogP contribution >= 0.6 is 11.3 Å². The summed E-state index contributed by atoms with van der Waals surface area (Å²) < 4.78 is 17.8. The molecule has 11 rings (SSSR count). The molecule has 0 radical (unpaired) electrons. The number of terminal acetylenes is 1. The maximum Gasteiger partial charge on any atom is 0.255 e. The van der Waals surface area contributed by atoms with Gasteiger partial charge in [-0.05, 0) is 118 Å². The van der Waals surface area contributed by atoms with Gasteiger partial charge in [-0.2, -0.15) is 0 Å². The smallest absolute Gasteiger partial charge is 0.255 e. The molecule has 4 aliphatic rings. The van der Waals surface area contributed by atoms with Crippen LogP contribution in [0.15, 0.2) is 77.0 Å². The fourth-order valence-electron chi connectivity index (χ4n) is 12.1. The van der Waals surface area contributed by atoms with Crippen molar-refractivity contribution in [2.24, 2.45) is 5.92 Å². The van der Waals surface area contributed by atoms with Gasteiger partial charge < -0.3 is 49.2 Å². The monoisotopic (exact) mass is 1060 g/mol. The minimum absolute atomic E-state index is 0.00336. The number of hydrogen-bond donors (Lipinski definition) is 4. The van der Waals surface area contributed by atoms with Gasteiger partial charge in [-0.15, -0.1) is 28.0 Å². The Hall–Kier alpha value is -7.40. The van der Waals surface area contributed by atoms with Gasteiger partial charge in [0.25, 0.3) is 5.88 Å². The van der Waals surface area contributed by atoms with E-state index in [4.69, 9.17) is 30.4 Å². The molecule has 0 spiro atoms. The third-order valence-electron chi connectivity index (χ3n) is 16.2. The van der Waals surface area contributed by atoms with E-state index < -0.39 is 18.1 Å². The van der Waals surface area contributed by atoms with Crippen molar-refractivity contribution >= 4 is 40.1 Å². The number of β-amino-alcohol motifs (C(OH)–C–C–N with tert-alkyl or cyclic N) is 1. The highest BCUT2D eigenvalue weighted by Gasteiger charge is 2.43. The van der Waals surface area contributed by atoms with E-state index in [0.717, 1.165) is 115 Å². The zero-order chi connectivity index (χ0) is 53.3. The Balaban J connectivity index is 0.697. The fourth-order valence-corrected chi connectivity index (χ4v) is 12.9. The molecule has 4 N–H and O–H groups in total. The second-order valence-electron chi connectivity index (χ2n) is 21.3. The molecule has 0 bridgehead atoms. The molecule has 77 heavy (non-hydrogen) atoms. The molecule has 5 aromatic heterocycles. The molecule has 400 valence electrons. The van der Waals surface area contributed by atoms with E-state index >= 15 is 0 Å². The summed E-state index contributed by atoms with van der Waals surface area (Å²) in [6.07, 6.45) is 15.4. The van der Waals surface area contributed by atoms with Crippen LogP contribution in [-0.4, -0.2) is 124 Å². The lowest BCUT2D eigenvalue weighted by Gasteiger charge is -2.41. The number of aromatic hydroxyl groups is 1. The number of aryl methyl sites for hydroxylation is 1. The van der Waals surface area contributed by atoms with E-state index in [0.29, 0.717) is 34.7 Å². The molecule has 7 aromatic rings. The van der Waals surface area contributed by atoms with Gasteiger partial charge in [-0.3, -0.25) is 9.59 Å². The highest BCUT2D eigenvalue weighted by Crippen LogP contribution is 2.41. The number of benzene rings is 2. The van der Waals surface area contributed by atoms with Crippen LogP contribution in [0, 0.1) is 25.2 Å². The number of anilines is 1. The summed E-state index contributed by atoms with van der Waals surface area (Å²) >= 11 is 1.58. The number of piperidine rings is 1. The molecule has 4 atom stereocenters. The lowest BCUT2D eigenvalue weighted by molar-refractivity contribution is -0.141. The molecule has 19 heteroatoms. The molecule has 3 aliphatic heterocycles. The quantitative estimate of drug-likeness (QED) is 0.0710. The molecule has 2 aromatic carbocycles. The first-order valence-corrected chi connectivity index (χ1v) is 27.8. The number of H-pyrrole nitrogens is 1. The first-order chi connectivity index (χ1) is 37.4. The lowest BCUT2D eigenvalue weighted by atomic mass is 9.87. The summed E-state index contributed by atoms with van der Waals surface area (Å²) in [5.41, 5.74) is 10.1. The number of hydrogen-bond acceptors (Lipinski definition) is 16. The number of aliphatic hydroxyl groups is 1. The van der Waals surface area contributed by atoms with E-state index in [1.165, 1.54) is 10.5 Å². The van der Waals surface area contributed by atoms with Crippen LogP contribution in [0.5, 0.6) is 17.4 Å². The van der Waals surface area contributed by atoms with Crippen molar-refractivity contribution < 1.29 is 33.8 Å². The summed E-state index contributed by atoms with van der Waals surface area (Å²) in [4.78, 5) is 53.6. The number of likely N-dealkylation sites (tertiary alicyclic amines) is 2. The zero-order valence-electron chi connectivity index (χ0n) is 43.9. The number of para-hydroxylation sites is 1. The van der Waals surface area contributed by atoms with Crippen LogP contribution in [0.4, 0.5) is 5.95 Å². The van der Waals surface area contributed by atoms with Crippen LogP contribution in [0.1, 0.15) is 117 Å². The van der Waals surface area contributed by atoms with E-state index in [-0.39, 0.29) is 67.6 Å². The normalized spacial score (nSPS) is 21.5. The van der Waals surface area contributed by atoms with Gasteiger partial charge in [0, 0.05) is 84.7 Å². The number of fused-ring (bicyclic) bond motifs is 3. The Morgan fingerprint density at radius 1 is 1.00 bits per heavy atom. The molecular formula is C58H65N11O7S. The molecule has 3 fully saturated rings. The summed E-state index contributed by atoms with van der Waals surface area (Å²) in [6.45, 7) is 11.0. The van der Waals surface area contributed by atoms with Crippen molar-refractivity contribution in [2.45, 2.75) is 128 Å². The second-order valence-corrected chi connectivity index (χ2v) is 22.2. The van der Waals surface area contributed by atoms with E-state index in [1.807, 2.05) is 69.0 Å². The van der Waals surface area contributed by atoms with Gasteiger partial charge in [0.2, 0.25) is 17.8 Å². The van der Waals surface area contributed by atoms with E-state index in [1.54, 1.807) is 29.5 Å². The average Bonchev–Trinajstić information content (AvgIpc) is 4.31. The summed E-state index contributed by atoms with van der Waals surface area (Å²) in [5, 5.41) is 38.3. The maximum atomic E-state index is 14.2. The number of nitrogens with one attached hydrogen (secondary N) is 2. The number of aromatic amines is 1. The van der Waals surface area contributed by atoms with Gasteiger partial charge >= 0.3 is 0 Å². The maximum absolute atomic E-state index is 14.2. The van der Waals surface area contributed by atoms with Crippen molar-refractivity contribution in [1.29, 1.82) is 0 Å². The third-order valence-corrected chi connectivity index (χ3v) is 17.1. The average molecular weight is 1060 g/mol. The Morgan fingerprint density at radius 2 is 1.79 bits per heavy atom. The highest BCUT2D eigenvalue weighted by molar-refractivity contribution is 7.13. The minimum atomic E-state index is -0.882. The fraction of sp³-hybridized carbons (Fsp3) is 0.448. The van der Waals surface area contributed by atoms with E-state index in [9.17, 15) is 19.8 Å². The number of phenolic OH excluding ortho intramolecular Hbond substituents is 1. The lowest BCUT2D eigenvalue weighted by Crippen LogP contribution is -2.48. The standard InChI is InChI=1S/C58H65N11O7S/c1-6-23-74-51-27-50(76-66-51)52(33(2)3)57(73)69-31-41(70)25-47(69)56(72)59-28-38-12-11-37(54-34(4)62-32-77-54)24-49(38)75-42-15-13-40(14-16-42)67-20-17-36(18-21-67)39-29-60-58(61-30-39)68-22-19-45-53(35(68)5)44-26-46(64-65-55(44)63-45)43-9-7-8-10-48(43)71/h1,7-12,24,26-27,29-30,32-33,35-36,40-42,47,52,70-71H,13-23,25,28,31H2,2-5H3,(H,59,72)(H,63,65)/t35-,40-,41-,42-,47+,52?/m1/s1. The summed E-state index contributed by atoms with van der Waals surface area (Å²) in [7, 11) is 0. The second kappa shape index (κ2) is 22.3. The van der Waals surface area contributed by atoms with Crippen molar-refractivity contribution in [3.05, 3.63) is 106 Å². The van der Waals surface area contributed by atoms with Crippen LogP contribution < -0.4 is 19.7 Å². The predicted octanol–water partition coefficient (Wildman–Crippen LogP) is 8.26. The van der Waals surface area contributed by atoms with Crippen LogP contribution in [0.3, 0.4) is 0 Å². The zero-order valence-corrected chi connectivity index (χ0v) is 44.7. The van der Waals surface area contributed by atoms with Crippen molar-refractivity contribution in [3.63, 3.8) is 0 Å². The van der Waals surface area contributed by atoms with Crippen molar-refractivity contribution in [2.75, 3.05) is 37.7 Å². The van der Waals surface area contributed by atoms with Gasteiger partial charge in [-0.25, -0.2) is 15.0 Å². The van der Waals surface area contributed by atoms with Gasteiger partial charge in [0.05, 0.1) is 40.0 Å². The summed E-state index contributed by atoms with van der Waals surface area (Å²) in [5.74, 6) is 3.22. The Bertz CT molecular complexity index is 3280. The van der Waals surface area contributed by atoms with Gasteiger partial charge in [0.1, 0.15) is 23.5 Å². The topological polar surface area (TPSA) is 221 Å². The van der Waals surface area contributed by atoms with E-state index in [2.05, 4.69) is 59.3 Å². The largest absolute Gasteiger partial charge is 0.507 e. The number of amides is 2. The number of aromatic nitrogens is 7. The number of phenols is 1. The van der Waals surface area contributed by atoms with Crippen LogP contribution in [-0.2, 0) is 22.6 Å². The molecule has 1 aliphatic carbocycles. The first kappa shape index (κ1) is 51.7. The number of carbonyl (C=O) groups excluding carboxylic acids is 2. The highest BCUT2D eigenvalue weighted by atomic mass is 32.1. The summed E-state index contributed by atoms with van der Waals surface area (Å²) in [6, 6.07) is 16.5. The number of rotatable bonds is 15. The predicted molar refractivity (Wildman–Crippen MR) is 291 cm³/mol. The molecule has 1 saturated carbocycles. The molecular weight excluding hydrogens is 995 g/mol. The van der Waals surface area contributed by atoms with Crippen LogP contribution in [0.2, 0.25) is 0 Å². The first-order valence-electron chi connectivity index (χ1n) is 26.9. The number of carbonyl (C=O) groups is 2. The Labute approximate surface area is 451 Å². The van der Waals surface area contributed by atoms with Crippen molar-refractivity contribution in [1.82, 2.24) is 50.4 Å². The number of aliphatic hydroxyl groups excluding tert-OH is 1.